The van der Waals surface area contributed by atoms with Gasteiger partial charge in [0.2, 0.25) is 0 Å². The highest BCUT2D eigenvalue weighted by molar-refractivity contribution is 6.31. The predicted octanol–water partition coefficient (Wildman–Crippen LogP) is 2.24. The molecule has 80 valence electrons. The van der Waals surface area contributed by atoms with Crippen LogP contribution in [-0.2, 0) is 13.0 Å². The van der Waals surface area contributed by atoms with Crippen molar-refractivity contribution in [2.45, 2.75) is 19.9 Å². The highest BCUT2D eigenvalue weighted by Crippen LogP contribution is 2.22. The van der Waals surface area contributed by atoms with Gasteiger partial charge in [-0.15, -0.1) is 0 Å². The van der Waals surface area contributed by atoms with Gasteiger partial charge in [0, 0.05) is 35.7 Å². The fourth-order valence-electron chi connectivity index (χ4n) is 1.79. The largest absolute Gasteiger partial charge is 0.396 e. The van der Waals surface area contributed by atoms with Crippen molar-refractivity contribution in [1.82, 2.24) is 9.78 Å². The monoisotopic (exact) mass is 224 g/mol. The maximum atomic E-state index is 9.01. The van der Waals surface area contributed by atoms with E-state index in [0.717, 1.165) is 23.1 Å². The van der Waals surface area contributed by atoms with Gasteiger partial charge in [-0.1, -0.05) is 11.6 Å². The standard InChI is InChI=1S/C11H13ClN2O/c1-2-14-11(5-6-15)9-7-8(12)3-4-10(9)13-14/h3-4,7,15H,2,5-6H2,1H3. The fraction of sp³-hybridized carbons (Fsp3) is 0.364. The van der Waals surface area contributed by atoms with Crippen LogP contribution in [0.1, 0.15) is 12.6 Å². The van der Waals surface area contributed by atoms with Gasteiger partial charge >= 0.3 is 0 Å². The first-order chi connectivity index (χ1) is 7.26. The van der Waals surface area contributed by atoms with Crippen LogP contribution >= 0.6 is 11.6 Å². The molecule has 0 fully saturated rings. The molecule has 0 atom stereocenters. The normalized spacial score (nSPS) is 11.1. The maximum Gasteiger partial charge on any atom is 0.0927 e. The molecule has 0 saturated carbocycles. The lowest BCUT2D eigenvalue weighted by atomic mass is 10.2. The second kappa shape index (κ2) is 4.21. The lowest BCUT2D eigenvalue weighted by Crippen LogP contribution is -2.04. The van der Waals surface area contributed by atoms with Crippen LogP contribution in [0, 0.1) is 0 Å². The molecule has 1 aromatic carbocycles. The molecule has 1 N–H and O–H groups in total. The zero-order valence-corrected chi connectivity index (χ0v) is 9.33. The third kappa shape index (κ3) is 1.85. The molecule has 0 aliphatic carbocycles. The average Bonchev–Trinajstić information content (AvgIpc) is 2.57. The lowest BCUT2D eigenvalue weighted by molar-refractivity contribution is 0.296. The summed E-state index contributed by atoms with van der Waals surface area (Å²) in [5.74, 6) is 0. The molecule has 0 amide bonds. The van der Waals surface area contributed by atoms with Gasteiger partial charge in [0.1, 0.15) is 0 Å². The van der Waals surface area contributed by atoms with Crippen LogP contribution in [0.2, 0.25) is 5.02 Å². The summed E-state index contributed by atoms with van der Waals surface area (Å²) in [6.07, 6.45) is 0.616. The average molecular weight is 225 g/mol. The highest BCUT2D eigenvalue weighted by Gasteiger charge is 2.09. The SMILES string of the molecule is CCn1nc2ccc(Cl)cc2c1CCO. The maximum absolute atomic E-state index is 9.01. The van der Waals surface area contributed by atoms with Crippen molar-refractivity contribution in [3.05, 3.63) is 28.9 Å². The van der Waals surface area contributed by atoms with Crippen molar-refractivity contribution >= 4 is 22.5 Å². The fourth-order valence-corrected chi connectivity index (χ4v) is 1.96. The summed E-state index contributed by atoms with van der Waals surface area (Å²) in [5, 5.41) is 15.2. The molecule has 15 heavy (non-hydrogen) atoms. The van der Waals surface area contributed by atoms with E-state index in [-0.39, 0.29) is 6.61 Å². The second-order valence-electron chi connectivity index (χ2n) is 3.40. The first-order valence-corrected chi connectivity index (χ1v) is 5.40. The number of benzene rings is 1. The number of aryl methyl sites for hydroxylation is 1. The number of aromatic nitrogens is 2. The Morgan fingerprint density at radius 3 is 2.93 bits per heavy atom. The van der Waals surface area contributed by atoms with Gasteiger partial charge in [0.25, 0.3) is 0 Å². The van der Waals surface area contributed by atoms with Crippen molar-refractivity contribution in [3.8, 4) is 0 Å². The third-order valence-electron chi connectivity index (χ3n) is 2.46. The summed E-state index contributed by atoms with van der Waals surface area (Å²) in [6, 6.07) is 5.64. The van der Waals surface area contributed by atoms with Crippen LogP contribution in [0.5, 0.6) is 0 Å². The zero-order chi connectivity index (χ0) is 10.8. The van der Waals surface area contributed by atoms with Crippen molar-refractivity contribution < 1.29 is 5.11 Å². The van der Waals surface area contributed by atoms with Crippen LogP contribution < -0.4 is 0 Å². The molecular formula is C11H13ClN2O. The molecule has 0 saturated heterocycles. The Hall–Kier alpha value is -1.06. The van der Waals surface area contributed by atoms with E-state index in [1.807, 2.05) is 29.8 Å². The molecule has 0 aliphatic heterocycles. The number of aliphatic hydroxyl groups excluding tert-OH is 1. The molecule has 3 nitrogen and oxygen atoms in total. The van der Waals surface area contributed by atoms with E-state index in [0.29, 0.717) is 11.4 Å². The Balaban J connectivity index is 2.65. The molecule has 1 heterocycles. The van der Waals surface area contributed by atoms with Gasteiger partial charge in [-0.05, 0) is 25.1 Å². The van der Waals surface area contributed by atoms with Gasteiger partial charge < -0.3 is 5.11 Å². The van der Waals surface area contributed by atoms with Crippen LogP contribution in [0.15, 0.2) is 18.2 Å². The number of aliphatic hydroxyl groups is 1. The lowest BCUT2D eigenvalue weighted by Gasteiger charge is -2.02. The van der Waals surface area contributed by atoms with Crippen molar-refractivity contribution in [1.29, 1.82) is 0 Å². The molecule has 0 bridgehead atoms. The Labute approximate surface area is 93.3 Å². The molecular weight excluding hydrogens is 212 g/mol. The summed E-state index contributed by atoms with van der Waals surface area (Å²) in [4.78, 5) is 0. The van der Waals surface area contributed by atoms with Gasteiger partial charge in [-0.3, -0.25) is 4.68 Å². The van der Waals surface area contributed by atoms with E-state index in [1.54, 1.807) is 0 Å². The van der Waals surface area contributed by atoms with Crippen LogP contribution in [0.3, 0.4) is 0 Å². The van der Waals surface area contributed by atoms with Crippen molar-refractivity contribution in [2.24, 2.45) is 0 Å². The Morgan fingerprint density at radius 2 is 2.27 bits per heavy atom. The van der Waals surface area contributed by atoms with Crippen molar-refractivity contribution in [2.75, 3.05) is 6.61 Å². The van der Waals surface area contributed by atoms with Crippen LogP contribution in [0.4, 0.5) is 0 Å². The van der Waals surface area contributed by atoms with Gasteiger partial charge in [0.05, 0.1) is 5.52 Å². The van der Waals surface area contributed by atoms with Crippen LogP contribution in [0.25, 0.3) is 10.9 Å². The van der Waals surface area contributed by atoms with E-state index in [2.05, 4.69) is 5.10 Å². The second-order valence-corrected chi connectivity index (χ2v) is 3.83. The Bertz CT molecular complexity index is 479. The minimum absolute atomic E-state index is 0.132. The molecule has 0 unspecified atom stereocenters. The number of rotatable bonds is 3. The number of hydrogen-bond acceptors (Lipinski definition) is 2. The number of fused-ring (bicyclic) bond motifs is 1. The molecule has 1 aromatic heterocycles. The minimum Gasteiger partial charge on any atom is -0.396 e. The molecule has 0 spiro atoms. The molecule has 4 heteroatoms. The highest BCUT2D eigenvalue weighted by atomic mass is 35.5. The van der Waals surface area contributed by atoms with Gasteiger partial charge in [0.15, 0.2) is 0 Å². The van der Waals surface area contributed by atoms with Gasteiger partial charge in [-0.25, -0.2) is 0 Å². The topological polar surface area (TPSA) is 38.0 Å². The minimum atomic E-state index is 0.132. The van der Waals surface area contributed by atoms with E-state index in [4.69, 9.17) is 16.7 Å². The summed E-state index contributed by atoms with van der Waals surface area (Å²) < 4.78 is 1.91. The number of hydrogen-bond donors (Lipinski definition) is 1. The number of halogens is 1. The van der Waals surface area contributed by atoms with Gasteiger partial charge in [-0.2, -0.15) is 5.10 Å². The van der Waals surface area contributed by atoms with E-state index in [9.17, 15) is 0 Å². The van der Waals surface area contributed by atoms with E-state index >= 15 is 0 Å². The van der Waals surface area contributed by atoms with E-state index in [1.165, 1.54) is 0 Å². The van der Waals surface area contributed by atoms with Crippen molar-refractivity contribution in [3.63, 3.8) is 0 Å². The first-order valence-electron chi connectivity index (χ1n) is 5.02. The molecule has 0 aliphatic rings. The summed E-state index contributed by atoms with van der Waals surface area (Å²) in [7, 11) is 0. The summed E-state index contributed by atoms with van der Waals surface area (Å²) in [6.45, 7) is 2.98. The Morgan fingerprint density at radius 1 is 1.47 bits per heavy atom. The quantitative estimate of drug-likeness (QED) is 0.869. The third-order valence-corrected chi connectivity index (χ3v) is 2.69. The van der Waals surface area contributed by atoms with E-state index < -0.39 is 0 Å². The first kappa shape index (κ1) is 10.5. The predicted molar refractivity (Wildman–Crippen MR) is 61.2 cm³/mol. The molecule has 0 radical (unpaired) electrons. The smallest absolute Gasteiger partial charge is 0.0927 e. The molecule has 2 aromatic rings. The molecule has 2 rings (SSSR count). The summed E-state index contributed by atoms with van der Waals surface area (Å²) >= 11 is 5.94. The number of nitrogens with zero attached hydrogens (tertiary/aromatic N) is 2. The Kier molecular flexibility index (Phi) is 2.93. The summed E-state index contributed by atoms with van der Waals surface area (Å²) in [5.41, 5.74) is 1.99. The zero-order valence-electron chi connectivity index (χ0n) is 8.57. The van der Waals surface area contributed by atoms with Crippen LogP contribution in [-0.4, -0.2) is 21.5 Å².